The first-order valence-corrected chi connectivity index (χ1v) is 17.8. The fraction of sp³-hybridized carbons (Fsp3) is 0.550. The van der Waals surface area contributed by atoms with Crippen LogP contribution in [0.5, 0.6) is 11.5 Å². The molecule has 0 aliphatic carbocycles. The average Bonchev–Trinajstić information content (AvgIpc) is 3.45. The second-order valence-electron chi connectivity index (χ2n) is 13.5. The second kappa shape index (κ2) is 20.5. The number of carbonyl (C=O) groups excluding carboxylic acids is 4. The third-order valence-electron chi connectivity index (χ3n) is 9.05. The van der Waals surface area contributed by atoms with Crippen molar-refractivity contribution in [3.63, 3.8) is 0 Å². The van der Waals surface area contributed by atoms with Crippen molar-refractivity contribution in [1.29, 1.82) is 0 Å². The molecule has 11 heteroatoms. The number of ether oxygens (including phenoxy) is 6. The van der Waals surface area contributed by atoms with Crippen LogP contribution in [0, 0.1) is 23.7 Å². The number of hydrogen-bond donors (Lipinski definition) is 0. The lowest BCUT2D eigenvalue weighted by atomic mass is 9.82. The monoisotopic (exact) mass is 709 g/mol. The number of benzene rings is 2. The standard InChI is InChI=1S/C40H55NO10/c1-9-48-39(44)34(23-31(26(2)3)20-30-16-17-35(47-8)37(22-30)49-19-13-18-46-7)36(51-28(6)42)24-33(27(4)5)38(43)41-32(25-50-40(41)45)21-29-14-11-10-12-15-29/h10-12,14-17,22,26-27,31-33H,9,13,18-21,23-25H2,1-8H3/t31-,32-,33-/m0/s1. The lowest BCUT2D eigenvalue weighted by molar-refractivity contribution is -0.142. The predicted molar refractivity (Wildman–Crippen MR) is 192 cm³/mol. The third-order valence-corrected chi connectivity index (χ3v) is 9.05. The number of imide groups is 1. The molecule has 0 N–H and O–H groups in total. The number of allylic oxidation sites excluding steroid dienone is 1. The number of hydrogen-bond acceptors (Lipinski definition) is 10. The molecule has 3 rings (SSSR count). The summed E-state index contributed by atoms with van der Waals surface area (Å²) >= 11 is 0. The summed E-state index contributed by atoms with van der Waals surface area (Å²) in [5.74, 6) is -1.48. The quantitative estimate of drug-likeness (QED) is 0.0469. The van der Waals surface area contributed by atoms with Crippen LogP contribution in [0.4, 0.5) is 4.79 Å². The van der Waals surface area contributed by atoms with Crippen molar-refractivity contribution in [2.24, 2.45) is 23.7 Å². The van der Waals surface area contributed by atoms with Crippen LogP contribution in [0.3, 0.4) is 0 Å². The fourth-order valence-electron chi connectivity index (χ4n) is 6.14. The molecule has 3 atom stereocenters. The zero-order valence-corrected chi connectivity index (χ0v) is 31.4. The highest BCUT2D eigenvalue weighted by Crippen LogP contribution is 2.35. The van der Waals surface area contributed by atoms with E-state index in [4.69, 9.17) is 28.4 Å². The molecule has 1 heterocycles. The lowest BCUT2D eigenvalue weighted by Crippen LogP contribution is -2.45. The van der Waals surface area contributed by atoms with Gasteiger partial charge >= 0.3 is 18.0 Å². The van der Waals surface area contributed by atoms with Crippen molar-refractivity contribution in [3.8, 4) is 11.5 Å². The van der Waals surface area contributed by atoms with Gasteiger partial charge in [-0.15, -0.1) is 0 Å². The van der Waals surface area contributed by atoms with Gasteiger partial charge in [-0.25, -0.2) is 14.5 Å². The maximum absolute atomic E-state index is 14.2. The number of amides is 2. The molecule has 2 amide bonds. The highest BCUT2D eigenvalue weighted by Gasteiger charge is 2.42. The Labute approximate surface area is 302 Å². The number of cyclic esters (lactones) is 1. The van der Waals surface area contributed by atoms with Crippen LogP contribution in [0.15, 0.2) is 59.9 Å². The van der Waals surface area contributed by atoms with Crippen LogP contribution in [-0.4, -0.2) is 75.5 Å². The number of carbonyl (C=O) groups is 4. The molecular formula is C40H55NO10. The minimum Gasteiger partial charge on any atom is -0.493 e. The molecule has 0 saturated carbocycles. The Bertz CT molecular complexity index is 1490. The molecular weight excluding hydrogens is 654 g/mol. The van der Waals surface area contributed by atoms with Crippen molar-refractivity contribution in [2.75, 3.05) is 40.6 Å². The zero-order chi connectivity index (χ0) is 37.5. The molecule has 1 aliphatic rings. The molecule has 1 aliphatic heterocycles. The van der Waals surface area contributed by atoms with Crippen LogP contribution < -0.4 is 9.47 Å². The maximum Gasteiger partial charge on any atom is 0.416 e. The highest BCUT2D eigenvalue weighted by atomic mass is 16.6. The maximum atomic E-state index is 14.2. The summed E-state index contributed by atoms with van der Waals surface area (Å²) in [6.45, 7) is 12.0. The molecule has 0 spiro atoms. The summed E-state index contributed by atoms with van der Waals surface area (Å²) in [4.78, 5) is 54.6. The normalized spacial score (nSPS) is 16.0. The Morgan fingerprint density at radius 2 is 1.65 bits per heavy atom. The molecule has 2 aromatic carbocycles. The lowest BCUT2D eigenvalue weighted by Gasteiger charge is -2.29. The van der Waals surface area contributed by atoms with Gasteiger partial charge in [0.05, 0.1) is 31.9 Å². The number of methoxy groups -OCH3 is 2. The number of nitrogens with zero attached hydrogens (tertiary/aromatic N) is 1. The average molecular weight is 710 g/mol. The molecule has 0 unspecified atom stereocenters. The summed E-state index contributed by atoms with van der Waals surface area (Å²) in [6.07, 6.45) is 1.15. The Morgan fingerprint density at radius 3 is 2.25 bits per heavy atom. The van der Waals surface area contributed by atoms with E-state index in [1.54, 1.807) is 21.1 Å². The van der Waals surface area contributed by atoms with Gasteiger partial charge in [0.25, 0.3) is 0 Å². The van der Waals surface area contributed by atoms with Crippen molar-refractivity contribution < 1.29 is 47.6 Å². The molecule has 1 fully saturated rings. The van der Waals surface area contributed by atoms with Gasteiger partial charge in [0.1, 0.15) is 12.4 Å². The van der Waals surface area contributed by atoms with E-state index < -0.39 is 35.9 Å². The third kappa shape index (κ3) is 12.1. The summed E-state index contributed by atoms with van der Waals surface area (Å²) < 4.78 is 33.3. The zero-order valence-electron chi connectivity index (χ0n) is 31.4. The summed E-state index contributed by atoms with van der Waals surface area (Å²) in [5.41, 5.74) is 2.13. The summed E-state index contributed by atoms with van der Waals surface area (Å²) in [5, 5.41) is 0. The van der Waals surface area contributed by atoms with Crippen LogP contribution in [0.2, 0.25) is 0 Å². The van der Waals surface area contributed by atoms with E-state index in [2.05, 4.69) is 13.8 Å². The largest absolute Gasteiger partial charge is 0.493 e. The Hall–Kier alpha value is -4.38. The molecule has 0 aromatic heterocycles. The first-order valence-electron chi connectivity index (χ1n) is 17.8. The second-order valence-corrected chi connectivity index (χ2v) is 13.5. The van der Waals surface area contributed by atoms with Crippen molar-refractivity contribution in [2.45, 2.75) is 79.7 Å². The predicted octanol–water partition coefficient (Wildman–Crippen LogP) is 6.95. The van der Waals surface area contributed by atoms with Gasteiger partial charge in [-0.3, -0.25) is 9.59 Å². The van der Waals surface area contributed by atoms with Gasteiger partial charge in [0.15, 0.2) is 11.5 Å². The molecule has 1 saturated heterocycles. The molecule has 51 heavy (non-hydrogen) atoms. The van der Waals surface area contributed by atoms with E-state index in [1.807, 2.05) is 62.4 Å². The smallest absolute Gasteiger partial charge is 0.416 e. The van der Waals surface area contributed by atoms with E-state index >= 15 is 0 Å². The topological polar surface area (TPSA) is 127 Å². The van der Waals surface area contributed by atoms with Crippen LogP contribution >= 0.6 is 0 Å². The highest BCUT2D eigenvalue weighted by molar-refractivity contribution is 5.95. The van der Waals surface area contributed by atoms with Crippen LogP contribution in [0.25, 0.3) is 0 Å². The van der Waals surface area contributed by atoms with Gasteiger partial charge in [-0.1, -0.05) is 64.1 Å². The van der Waals surface area contributed by atoms with Crippen LogP contribution in [-0.2, 0) is 46.2 Å². The Kier molecular flexibility index (Phi) is 16.5. The van der Waals surface area contributed by atoms with Gasteiger partial charge < -0.3 is 28.4 Å². The Balaban J connectivity index is 1.98. The number of esters is 2. The first kappa shape index (κ1) is 41.0. The van der Waals surface area contributed by atoms with E-state index in [0.29, 0.717) is 37.6 Å². The van der Waals surface area contributed by atoms with Gasteiger partial charge in [0, 0.05) is 39.4 Å². The van der Waals surface area contributed by atoms with Crippen molar-refractivity contribution in [1.82, 2.24) is 4.90 Å². The van der Waals surface area contributed by atoms with Gasteiger partial charge in [0.2, 0.25) is 5.91 Å². The van der Waals surface area contributed by atoms with E-state index in [9.17, 15) is 19.2 Å². The van der Waals surface area contributed by atoms with Gasteiger partial charge in [-0.05, 0) is 67.2 Å². The Morgan fingerprint density at radius 1 is 0.922 bits per heavy atom. The minimum atomic E-state index is -0.801. The van der Waals surface area contributed by atoms with Crippen molar-refractivity contribution in [3.05, 3.63) is 71.0 Å². The molecule has 11 nitrogen and oxygen atoms in total. The van der Waals surface area contributed by atoms with Gasteiger partial charge in [-0.2, -0.15) is 0 Å². The van der Waals surface area contributed by atoms with E-state index in [0.717, 1.165) is 17.5 Å². The number of rotatable bonds is 20. The van der Waals surface area contributed by atoms with Crippen LogP contribution in [0.1, 0.15) is 71.9 Å². The fourth-order valence-corrected chi connectivity index (χ4v) is 6.14. The molecule has 0 radical (unpaired) electrons. The van der Waals surface area contributed by atoms with E-state index in [-0.39, 0.29) is 55.1 Å². The van der Waals surface area contributed by atoms with Crippen molar-refractivity contribution >= 4 is 23.9 Å². The van der Waals surface area contributed by atoms with E-state index in [1.165, 1.54) is 11.8 Å². The first-order chi connectivity index (χ1) is 24.4. The SMILES string of the molecule is CCOC(=O)C(C[C@H](Cc1ccc(OC)c(OCCCOC)c1)C(C)C)=C(C[C@H](C(=O)N1C(=O)OC[C@@H]1Cc1ccccc1)C(C)C)OC(C)=O. The molecule has 280 valence electrons. The summed E-state index contributed by atoms with van der Waals surface area (Å²) in [6, 6.07) is 14.8. The molecule has 0 bridgehead atoms. The minimum absolute atomic E-state index is 0.0720. The summed E-state index contributed by atoms with van der Waals surface area (Å²) in [7, 11) is 3.23. The molecule has 2 aromatic rings.